The summed E-state index contributed by atoms with van der Waals surface area (Å²) in [6, 6.07) is 3.07. The summed E-state index contributed by atoms with van der Waals surface area (Å²) in [4.78, 5) is 12.0. The number of hydrogen-bond donors (Lipinski definition) is 2. The average Bonchev–Trinajstić information content (AvgIpc) is 2.31. The van der Waals surface area contributed by atoms with E-state index in [4.69, 9.17) is 5.73 Å². The molecule has 0 saturated carbocycles. The molecule has 0 aliphatic rings. The van der Waals surface area contributed by atoms with Crippen LogP contribution in [0.2, 0.25) is 0 Å². The average molecular weight is 307 g/mol. The van der Waals surface area contributed by atoms with Crippen LogP contribution in [0.4, 0.5) is 8.78 Å². The Hall–Kier alpha value is -1.20. The fraction of sp³-hybridized carbons (Fsp3) is 0.500. The minimum Gasteiger partial charge on any atom is -0.346 e. The molecule has 1 unspecified atom stereocenters. The maximum absolute atomic E-state index is 13.1. The molecule has 1 amide bonds. The van der Waals surface area contributed by atoms with Crippen molar-refractivity contribution >= 4 is 18.3 Å². The van der Waals surface area contributed by atoms with Gasteiger partial charge >= 0.3 is 0 Å². The minimum atomic E-state index is -1.04. The third kappa shape index (κ3) is 5.06. The number of carbonyl (C=O) groups is 1. The Kier molecular flexibility index (Phi) is 7.09. The molecule has 0 radical (unpaired) electrons. The second-order valence-electron chi connectivity index (χ2n) is 5.45. The molecule has 1 aromatic carbocycles. The maximum atomic E-state index is 13.1. The lowest BCUT2D eigenvalue weighted by Gasteiger charge is -2.31. The molecule has 1 aromatic rings. The molecule has 1 rings (SSSR count). The lowest BCUT2D eigenvalue weighted by Crippen LogP contribution is -2.52. The Morgan fingerprint density at radius 3 is 2.40 bits per heavy atom. The number of carbonyl (C=O) groups excluding carboxylic acids is 1. The zero-order valence-electron chi connectivity index (χ0n) is 11.9. The van der Waals surface area contributed by atoms with Gasteiger partial charge in [-0.3, -0.25) is 4.79 Å². The molecule has 0 aliphatic heterocycles. The van der Waals surface area contributed by atoms with Crippen LogP contribution >= 0.6 is 12.4 Å². The smallest absolute Gasteiger partial charge is 0.251 e. The fourth-order valence-electron chi connectivity index (χ4n) is 2.07. The summed E-state index contributed by atoms with van der Waals surface area (Å²) >= 11 is 0. The molecule has 0 bridgehead atoms. The summed E-state index contributed by atoms with van der Waals surface area (Å²) in [7, 11) is 0. The second-order valence-corrected chi connectivity index (χ2v) is 5.45. The van der Waals surface area contributed by atoms with E-state index in [0.29, 0.717) is 12.3 Å². The van der Waals surface area contributed by atoms with Crippen LogP contribution in [0.1, 0.15) is 37.6 Å². The Morgan fingerprint density at radius 2 is 1.95 bits per heavy atom. The van der Waals surface area contributed by atoms with Crippen molar-refractivity contribution < 1.29 is 13.6 Å². The topological polar surface area (TPSA) is 55.1 Å². The Balaban J connectivity index is 0.00000361. The van der Waals surface area contributed by atoms with Gasteiger partial charge in [-0.1, -0.05) is 13.8 Å². The summed E-state index contributed by atoms with van der Waals surface area (Å²) < 4.78 is 25.9. The largest absolute Gasteiger partial charge is 0.346 e. The highest BCUT2D eigenvalue weighted by Crippen LogP contribution is 2.17. The standard InChI is InChI=1S/C14H20F2N2O.ClH/c1-9(2)7-14(3,8-17)18-13(19)10-4-5-11(15)12(16)6-10;/h4-6,9H,7-8,17H2,1-3H3,(H,18,19);1H. The van der Waals surface area contributed by atoms with E-state index in [-0.39, 0.29) is 24.5 Å². The van der Waals surface area contributed by atoms with Crippen LogP contribution in [0.25, 0.3) is 0 Å². The number of hydrogen-bond acceptors (Lipinski definition) is 2. The highest BCUT2D eigenvalue weighted by Gasteiger charge is 2.26. The molecular formula is C14H21ClF2N2O. The summed E-state index contributed by atoms with van der Waals surface area (Å²) in [5, 5.41) is 2.78. The van der Waals surface area contributed by atoms with Crippen LogP contribution < -0.4 is 11.1 Å². The van der Waals surface area contributed by atoms with Gasteiger partial charge in [0.1, 0.15) is 0 Å². The van der Waals surface area contributed by atoms with E-state index >= 15 is 0 Å². The van der Waals surface area contributed by atoms with Gasteiger partial charge in [0.2, 0.25) is 0 Å². The lowest BCUT2D eigenvalue weighted by molar-refractivity contribution is 0.0897. The van der Waals surface area contributed by atoms with Gasteiger partial charge in [-0.15, -0.1) is 12.4 Å². The number of halogens is 3. The maximum Gasteiger partial charge on any atom is 0.251 e. The molecule has 0 aliphatic carbocycles. The number of nitrogens with one attached hydrogen (secondary N) is 1. The first-order valence-electron chi connectivity index (χ1n) is 6.25. The SMILES string of the molecule is CC(C)CC(C)(CN)NC(=O)c1ccc(F)c(F)c1.Cl. The van der Waals surface area contributed by atoms with Gasteiger partial charge in [0.15, 0.2) is 11.6 Å². The Labute approximate surface area is 124 Å². The van der Waals surface area contributed by atoms with Gasteiger partial charge in [0, 0.05) is 17.6 Å². The predicted molar refractivity (Wildman–Crippen MR) is 78.0 cm³/mol. The van der Waals surface area contributed by atoms with Gasteiger partial charge in [0.25, 0.3) is 5.91 Å². The molecule has 6 heteroatoms. The first kappa shape index (κ1) is 18.8. The fourth-order valence-corrected chi connectivity index (χ4v) is 2.07. The van der Waals surface area contributed by atoms with Gasteiger partial charge in [0.05, 0.1) is 0 Å². The summed E-state index contributed by atoms with van der Waals surface area (Å²) in [6.45, 7) is 6.17. The van der Waals surface area contributed by atoms with E-state index < -0.39 is 23.1 Å². The van der Waals surface area contributed by atoms with Crippen molar-refractivity contribution in [2.75, 3.05) is 6.54 Å². The summed E-state index contributed by atoms with van der Waals surface area (Å²) in [5.41, 5.74) is 5.21. The monoisotopic (exact) mass is 306 g/mol. The molecule has 0 spiro atoms. The van der Waals surface area contributed by atoms with Crippen molar-refractivity contribution in [3.05, 3.63) is 35.4 Å². The van der Waals surface area contributed by atoms with Crippen molar-refractivity contribution in [2.24, 2.45) is 11.7 Å². The number of rotatable bonds is 5. The van der Waals surface area contributed by atoms with Crippen molar-refractivity contribution in [3.63, 3.8) is 0 Å². The number of amides is 1. The molecule has 3 nitrogen and oxygen atoms in total. The first-order chi connectivity index (χ1) is 8.77. The summed E-state index contributed by atoms with van der Waals surface area (Å²) in [5.74, 6) is -2.10. The van der Waals surface area contributed by atoms with E-state index in [9.17, 15) is 13.6 Å². The van der Waals surface area contributed by atoms with Crippen LogP contribution in [0.3, 0.4) is 0 Å². The third-order valence-corrected chi connectivity index (χ3v) is 2.91. The van der Waals surface area contributed by atoms with Gasteiger partial charge in [-0.05, 0) is 37.5 Å². The quantitative estimate of drug-likeness (QED) is 0.879. The minimum absolute atomic E-state index is 0. The lowest BCUT2D eigenvalue weighted by atomic mass is 9.90. The Morgan fingerprint density at radius 1 is 1.35 bits per heavy atom. The molecule has 0 fully saturated rings. The molecular weight excluding hydrogens is 286 g/mol. The van der Waals surface area contributed by atoms with Crippen LogP contribution in [-0.4, -0.2) is 18.0 Å². The number of nitrogens with two attached hydrogens (primary N) is 1. The van der Waals surface area contributed by atoms with Crippen LogP contribution in [0, 0.1) is 17.6 Å². The van der Waals surface area contributed by atoms with Crippen molar-refractivity contribution in [1.82, 2.24) is 5.32 Å². The van der Waals surface area contributed by atoms with Gasteiger partial charge in [-0.2, -0.15) is 0 Å². The molecule has 0 heterocycles. The first-order valence-corrected chi connectivity index (χ1v) is 6.25. The Bertz CT molecular complexity index is 468. The zero-order chi connectivity index (χ0) is 14.6. The molecule has 114 valence electrons. The van der Waals surface area contributed by atoms with E-state index in [0.717, 1.165) is 12.1 Å². The van der Waals surface area contributed by atoms with Crippen LogP contribution in [0.5, 0.6) is 0 Å². The van der Waals surface area contributed by atoms with E-state index in [1.807, 2.05) is 20.8 Å². The normalized spacial score (nSPS) is 13.6. The number of benzene rings is 1. The van der Waals surface area contributed by atoms with Crippen molar-refractivity contribution in [3.8, 4) is 0 Å². The second kappa shape index (κ2) is 7.55. The predicted octanol–water partition coefficient (Wildman–Crippen LogP) is 2.88. The molecule has 0 saturated heterocycles. The van der Waals surface area contributed by atoms with E-state index in [1.165, 1.54) is 6.07 Å². The van der Waals surface area contributed by atoms with Crippen molar-refractivity contribution in [2.45, 2.75) is 32.7 Å². The van der Waals surface area contributed by atoms with E-state index in [2.05, 4.69) is 5.32 Å². The third-order valence-electron chi connectivity index (χ3n) is 2.91. The zero-order valence-corrected chi connectivity index (χ0v) is 12.7. The highest BCUT2D eigenvalue weighted by atomic mass is 35.5. The van der Waals surface area contributed by atoms with Gasteiger partial charge in [-0.25, -0.2) is 8.78 Å². The molecule has 3 N–H and O–H groups in total. The highest BCUT2D eigenvalue weighted by molar-refractivity contribution is 5.94. The van der Waals surface area contributed by atoms with Crippen molar-refractivity contribution in [1.29, 1.82) is 0 Å². The summed E-state index contributed by atoms with van der Waals surface area (Å²) in [6.07, 6.45) is 0.707. The molecule has 20 heavy (non-hydrogen) atoms. The molecule has 0 aromatic heterocycles. The molecule has 1 atom stereocenters. The van der Waals surface area contributed by atoms with Gasteiger partial charge < -0.3 is 11.1 Å². The van der Waals surface area contributed by atoms with E-state index in [1.54, 1.807) is 0 Å². The van der Waals surface area contributed by atoms with Crippen LogP contribution in [0.15, 0.2) is 18.2 Å². The van der Waals surface area contributed by atoms with Crippen LogP contribution in [-0.2, 0) is 0 Å².